The summed E-state index contributed by atoms with van der Waals surface area (Å²) in [5, 5.41) is 14.9. The van der Waals surface area contributed by atoms with Gasteiger partial charge in [-0.2, -0.15) is 0 Å². The average Bonchev–Trinajstić information content (AvgIpc) is 2.53. The Kier molecular flexibility index (Phi) is 6.20. The Bertz CT molecular complexity index is 642. The van der Waals surface area contributed by atoms with Crippen molar-refractivity contribution >= 4 is 12.0 Å². The van der Waals surface area contributed by atoms with Crippen LogP contribution in [0.1, 0.15) is 31.9 Å². The van der Waals surface area contributed by atoms with E-state index in [2.05, 4.69) is 10.6 Å². The molecule has 130 valence electrons. The highest BCUT2D eigenvalue weighted by Gasteiger charge is 2.32. The highest BCUT2D eigenvalue weighted by atomic mass is 16.6. The molecule has 0 aromatic heterocycles. The predicted octanol–water partition coefficient (Wildman–Crippen LogP) is 1.99. The monoisotopic (exact) mass is 334 g/mol. The number of nitrogens with one attached hydrogen (secondary N) is 2. The maximum Gasteiger partial charge on any atom is 0.338 e. The van der Waals surface area contributed by atoms with Gasteiger partial charge in [0.1, 0.15) is 12.4 Å². The van der Waals surface area contributed by atoms with Crippen molar-refractivity contribution in [2.45, 2.75) is 26.3 Å². The van der Waals surface area contributed by atoms with E-state index in [4.69, 9.17) is 9.47 Å². The number of ether oxygens (including phenoxy) is 2. The standard InChI is InChI=1S/C17H22N2O5/c1-3-7-23-8-9-24-16(21)14-11(2)18-17(22)19-15(14)12-5-4-6-13(20)10-12/h4-6,10,15,20H,3,7-9H2,1-2H3,(H2,18,19,22)/t15-/m1/s1. The summed E-state index contributed by atoms with van der Waals surface area (Å²) in [5.74, 6) is -0.480. The summed E-state index contributed by atoms with van der Waals surface area (Å²) in [7, 11) is 0. The number of hydrogen-bond acceptors (Lipinski definition) is 5. The van der Waals surface area contributed by atoms with Crippen molar-refractivity contribution in [3.8, 4) is 5.75 Å². The first kappa shape index (κ1) is 17.8. The molecular formula is C17H22N2O5. The maximum atomic E-state index is 12.4. The van der Waals surface area contributed by atoms with Gasteiger partial charge in [0.15, 0.2) is 0 Å². The molecule has 0 fully saturated rings. The van der Waals surface area contributed by atoms with Crippen molar-refractivity contribution in [2.75, 3.05) is 19.8 Å². The van der Waals surface area contributed by atoms with E-state index in [1.807, 2.05) is 6.92 Å². The van der Waals surface area contributed by atoms with Crippen LogP contribution in [0.3, 0.4) is 0 Å². The van der Waals surface area contributed by atoms with Crippen LogP contribution in [0, 0.1) is 0 Å². The van der Waals surface area contributed by atoms with Crippen LogP contribution in [0.2, 0.25) is 0 Å². The van der Waals surface area contributed by atoms with Gasteiger partial charge < -0.3 is 25.2 Å². The van der Waals surface area contributed by atoms with Crippen LogP contribution in [0.5, 0.6) is 5.75 Å². The van der Waals surface area contributed by atoms with Gasteiger partial charge in [0.05, 0.1) is 18.2 Å². The minimum absolute atomic E-state index is 0.0543. The third-order valence-corrected chi connectivity index (χ3v) is 3.50. The molecule has 1 aliphatic rings. The topological polar surface area (TPSA) is 96.9 Å². The normalized spacial score (nSPS) is 17.2. The molecule has 2 rings (SSSR count). The summed E-state index contributed by atoms with van der Waals surface area (Å²) in [6.07, 6.45) is 0.897. The van der Waals surface area contributed by atoms with Crippen LogP contribution in [-0.4, -0.2) is 36.9 Å². The van der Waals surface area contributed by atoms with Gasteiger partial charge >= 0.3 is 12.0 Å². The summed E-state index contributed by atoms with van der Waals surface area (Å²) in [6, 6.07) is 5.29. The number of carbonyl (C=O) groups is 2. The van der Waals surface area contributed by atoms with Crippen molar-refractivity contribution in [3.05, 3.63) is 41.1 Å². The average molecular weight is 334 g/mol. The number of phenols is 1. The first-order valence-corrected chi connectivity index (χ1v) is 7.85. The number of phenolic OH excluding ortho intramolecular Hbond substituents is 1. The number of rotatable bonds is 7. The predicted molar refractivity (Wildman–Crippen MR) is 87.3 cm³/mol. The highest BCUT2D eigenvalue weighted by molar-refractivity contribution is 5.95. The molecule has 24 heavy (non-hydrogen) atoms. The number of aromatic hydroxyl groups is 1. The van der Waals surface area contributed by atoms with E-state index in [9.17, 15) is 14.7 Å². The molecule has 1 aromatic rings. The van der Waals surface area contributed by atoms with Crippen LogP contribution < -0.4 is 10.6 Å². The summed E-state index contributed by atoms with van der Waals surface area (Å²) < 4.78 is 10.5. The van der Waals surface area contributed by atoms with Gasteiger partial charge in [-0.25, -0.2) is 9.59 Å². The minimum Gasteiger partial charge on any atom is -0.508 e. The van der Waals surface area contributed by atoms with Gasteiger partial charge in [-0.05, 0) is 31.0 Å². The third-order valence-electron chi connectivity index (χ3n) is 3.50. The number of esters is 1. The molecule has 0 radical (unpaired) electrons. The Morgan fingerprint density at radius 3 is 2.79 bits per heavy atom. The fourth-order valence-corrected chi connectivity index (χ4v) is 2.44. The second-order valence-corrected chi connectivity index (χ2v) is 5.41. The summed E-state index contributed by atoms with van der Waals surface area (Å²) in [4.78, 5) is 24.2. The van der Waals surface area contributed by atoms with E-state index < -0.39 is 18.0 Å². The third kappa shape index (κ3) is 4.48. The highest BCUT2D eigenvalue weighted by Crippen LogP contribution is 2.29. The molecule has 1 heterocycles. The van der Waals surface area contributed by atoms with E-state index in [0.29, 0.717) is 30.0 Å². The molecule has 0 unspecified atom stereocenters. The second kappa shape index (κ2) is 8.35. The molecular weight excluding hydrogens is 312 g/mol. The zero-order chi connectivity index (χ0) is 17.5. The van der Waals surface area contributed by atoms with E-state index in [1.165, 1.54) is 12.1 Å². The van der Waals surface area contributed by atoms with Crippen molar-refractivity contribution in [2.24, 2.45) is 0 Å². The zero-order valence-electron chi connectivity index (χ0n) is 13.8. The van der Waals surface area contributed by atoms with Gasteiger partial charge in [-0.15, -0.1) is 0 Å². The fourth-order valence-electron chi connectivity index (χ4n) is 2.44. The lowest BCUT2D eigenvalue weighted by atomic mass is 9.95. The van der Waals surface area contributed by atoms with Crippen molar-refractivity contribution in [3.63, 3.8) is 0 Å². The van der Waals surface area contributed by atoms with Crippen LogP contribution >= 0.6 is 0 Å². The summed E-state index contributed by atoms with van der Waals surface area (Å²) >= 11 is 0. The van der Waals surface area contributed by atoms with E-state index in [1.54, 1.807) is 19.1 Å². The minimum atomic E-state index is -0.685. The Balaban J connectivity index is 2.15. The molecule has 2 amide bonds. The molecule has 1 aliphatic heterocycles. The summed E-state index contributed by atoms with van der Waals surface area (Å²) in [6.45, 7) is 4.71. The maximum absolute atomic E-state index is 12.4. The lowest BCUT2D eigenvalue weighted by Crippen LogP contribution is -2.45. The Hall–Kier alpha value is -2.54. The number of carbonyl (C=O) groups excluding carboxylic acids is 2. The smallest absolute Gasteiger partial charge is 0.338 e. The number of allylic oxidation sites excluding steroid dienone is 1. The molecule has 7 heteroatoms. The quantitative estimate of drug-likeness (QED) is 0.523. The number of benzene rings is 1. The molecule has 0 saturated heterocycles. The molecule has 0 aliphatic carbocycles. The SMILES string of the molecule is CCCOCCOC(=O)C1=C(C)NC(=O)N[C@@H]1c1cccc(O)c1. The Morgan fingerprint density at radius 1 is 1.29 bits per heavy atom. The van der Waals surface area contributed by atoms with Crippen molar-refractivity contribution in [1.82, 2.24) is 10.6 Å². The molecule has 0 bridgehead atoms. The first-order valence-electron chi connectivity index (χ1n) is 7.85. The number of urea groups is 1. The van der Waals surface area contributed by atoms with Gasteiger partial charge in [0.2, 0.25) is 0 Å². The summed E-state index contributed by atoms with van der Waals surface area (Å²) in [5.41, 5.74) is 1.32. The van der Waals surface area contributed by atoms with Gasteiger partial charge in [-0.3, -0.25) is 0 Å². The second-order valence-electron chi connectivity index (χ2n) is 5.41. The van der Waals surface area contributed by atoms with Crippen LogP contribution in [0.25, 0.3) is 0 Å². The fraction of sp³-hybridized carbons (Fsp3) is 0.412. The van der Waals surface area contributed by atoms with Gasteiger partial charge in [-0.1, -0.05) is 19.1 Å². The van der Waals surface area contributed by atoms with E-state index in [-0.39, 0.29) is 12.4 Å². The zero-order valence-corrected chi connectivity index (χ0v) is 13.8. The van der Waals surface area contributed by atoms with Gasteiger partial charge in [0, 0.05) is 12.3 Å². The van der Waals surface area contributed by atoms with Crippen LogP contribution in [0.4, 0.5) is 4.79 Å². The number of amides is 2. The molecule has 0 spiro atoms. The van der Waals surface area contributed by atoms with Crippen molar-refractivity contribution in [1.29, 1.82) is 0 Å². The van der Waals surface area contributed by atoms with Gasteiger partial charge in [0.25, 0.3) is 0 Å². The molecule has 0 saturated carbocycles. The molecule has 3 N–H and O–H groups in total. The van der Waals surface area contributed by atoms with Crippen molar-refractivity contribution < 1.29 is 24.2 Å². The Morgan fingerprint density at radius 2 is 2.08 bits per heavy atom. The first-order chi connectivity index (χ1) is 11.5. The molecule has 1 atom stereocenters. The number of hydrogen-bond donors (Lipinski definition) is 3. The van der Waals surface area contributed by atoms with Crippen LogP contribution in [0.15, 0.2) is 35.5 Å². The lowest BCUT2D eigenvalue weighted by Gasteiger charge is -2.28. The Labute approximate surface area is 140 Å². The molecule has 1 aromatic carbocycles. The van der Waals surface area contributed by atoms with E-state index >= 15 is 0 Å². The molecule has 7 nitrogen and oxygen atoms in total. The van der Waals surface area contributed by atoms with E-state index in [0.717, 1.165) is 6.42 Å². The largest absolute Gasteiger partial charge is 0.508 e. The lowest BCUT2D eigenvalue weighted by molar-refractivity contribution is -0.141. The van der Waals surface area contributed by atoms with Crippen LogP contribution in [-0.2, 0) is 14.3 Å².